The largest absolute Gasteiger partial charge is 0.0871 e. The van der Waals surface area contributed by atoms with Crippen molar-refractivity contribution in [1.29, 1.82) is 0 Å². The minimum absolute atomic E-state index is 0.983. The smallest absolute Gasteiger partial charge is 0.00256 e. The van der Waals surface area contributed by atoms with Gasteiger partial charge in [-0.25, -0.2) is 0 Å². The summed E-state index contributed by atoms with van der Waals surface area (Å²) in [7, 11) is 0. The molecular formula is C25H26. The van der Waals surface area contributed by atoms with Crippen molar-refractivity contribution < 1.29 is 0 Å². The Morgan fingerprint density at radius 2 is 1.16 bits per heavy atom. The molecule has 0 fully saturated rings. The molecule has 0 aliphatic rings. The second-order valence-electron chi connectivity index (χ2n) is 6.59. The lowest BCUT2D eigenvalue weighted by atomic mass is 9.99. The van der Waals surface area contributed by atoms with E-state index in [0.717, 1.165) is 19.3 Å². The van der Waals surface area contributed by atoms with E-state index in [2.05, 4.69) is 98.8 Å². The van der Waals surface area contributed by atoms with E-state index in [-0.39, 0.29) is 0 Å². The molecule has 0 amide bonds. The van der Waals surface area contributed by atoms with Crippen LogP contribution in [-0.2, 0) is 19.3 Å². The molecule has 25 heavy (non-hydrogen) atoms. The van der Waals surface area contributed by atoms with Gasteiger partial charge in [0.05, 0.1) is 0 Å². The molecule has 0 nitrogen and oxygen atoms in total. The fraction of sp³-hybridized carbons (Fsp3) is 0.200. The lowest BCUT2D eigenvalue weighted by Crippen LogP contribution is -1.92. The van der Waals surface area contributed by atoms with Crippen molar-refractivity contribution in [2.45, 2.75) is 33.1 Å². The molecule has 0 aromatic heterocycles. The summed E-state index contributed by atoms with van der Waals surface area (Å²) >= 11 is 0. The molecule has 0 heterocycles. The second kappa shape index (κ2) is 8.48. The summed E-state index contributed by atoms with van der Waals surface area (Å²) in [4.78, 5) is 0. The standard InChI is InChI=1S/C25H26/c1-3-6-21-7-5-8-25(18-21)19-24-15-13-23(14-16-24)17-22-11-9-20(4-2)10-12-22/h3,5-16,18H,4,17,19H2,1-2H3/b6-3-. The number of hydrogen-bond acceptors (Lipinski definition) is 0. The zero-order valence-corrected chi connectivity index (χ0v) is 15.2. The summed E-state index contributed by atoms with van der Waals surface area (Å²) in [5.41, 5.74) is 8.15. The zero-order valence-electron chi connectivity index (χ0n) is 15.2. The second-order valence-corrected chi connectivity index (χ2v) is 6.59. The number of aryl methyl sites for hydroxylation is 1. The van der Waals surface area contributed by atoms with Crippen molar-refractivity contribution in [2.75, 3.05) is 0 Å². The SMILES string of the molecule is C/C=C\c1cccc(Cc2ccc(Cc3ccc(CC)cc3)cc2)c1. The van der Waals surface area contributed by atoms with E-state index >= 15 is 0 Å². The highest BCUT2D eigenvalue weighted by Crippen LogP contribution is 2.16. The molecule has 0 spiro atoms. The minimum atomic E-state index is 0.983. The summed E-state index contributed by atoms with van der Waals surface area (Å²) in [5.74, 6) is 0. The van der Waals surface area contributed by atoms with Gasteiger partial charge in [0.25, 0.3) is 0 Å². The maximum absolute atomic E-state index is 2.27. The first-order valence-corrected chi connectivity index (χ1v) is 9.14. The quantitative estimate of drug-likeness (QED) is 0.487. The lowest BCUT2D eigenvalue weighted by Gasteiger charge is -2.07. The molecule has 3 aromatic rings. The zero-order chi connectivity index (χ0) is 17.5. The van der Waals surface area contributed by atoms with E-state index in [1.807, 2.05) is 0 Å². The van der Waals surface area contributed by atoms with Crippen LogP contribution in [0.4, 0.5) is 0 Å². The van der Waals surface area contributed by atoms with E-state index in [4.69, 9.17) is 0 Å². The number of benzene rings is 3. The van der Waals surface area contributed by atoms with Crippen molar-refractivity contribution in [3.63, 3.8) is 0 Å². The van der Waals surface area contributed by atoms with E-state index in [0.29, 0.717) is 0 Å². The molecule has 0 saturated carbocycles. The fourth-order valence-electron chi connectivity index (χ4n) is 3.14. The highest BCUT2D eigenvalue weighted by atomic mass is 14.1. The normalized spacial score (nSPS) is 11.1. The van der Waals surface area contributed by atoms with Crippen molar-refractivity contribution in [3.8, 4) is 0 Å². The third kappa shape index (κ3) is 4.93. The summed E-state index contributed by atoms with van der Waals surface area (Å²) in [6.45, 7) is 4.25. The van der Waals surface area contributed by atoms with Crippen LogP contribution in [0.15, 0.2) is 78.9 Å². The van der Waals surface area contributed by atoms with Gasteiger partial charge in [-0.2, -0.15) is 0 Å². The fourth-order valence-corrected chi connectivity index (χ4v) is 3.14. The van der Waals surface area contributed by atoms with Gasteiger partial charge in [-0.3, -0.25) is 0 Å². The van der Waals surface area contributed by atoms with Crippen LogP contribution in [0.1, 0.15) is 47.2 Å². The molecule has 0 aliphatic heterocycles. The average molecular weight is 326 g/mol. The molecule has 0 bridgehead atoms. The number of hydrogen-bond donors (Lipinski definition) is 0. The van der Waals surface area contributed by atoms with E-state index in [1.54, 1.807) is 0 Å². The van der Waals surface area contributed by atoms with Gasteiger partial charge in [0.2, 0.25) is 0 Å². The molecule has 0 N–H and O–H groups in total. The minimum Gasteiger partial charge on any atom is -0.0871 e. The van der Waals surface area contributed by atoms with Crippen molar-refractivity contribution in [1.82, 2.24) is 0 Å². The first kappa shape index (κ1) is 17.2. The third-order valence-corrected chi connectivity index (χ3v) is 4.58. The molecule has 0 unspecified atom stereocenters. The molecular weight excluding hydrogens is 300 g/mol. The maximum atomic E-state index is 2.27. The van der Waals surface area contributed by atoms with Crippen LogP contribution in [0, 0.1) is 0 Å². The van der Waals surface area contributed by atoms with Crippen LogP contribution >= 0.6 is 0 Å². The van der Waals surface area contributed by atoms with E-state index < -0.39 is 0 Å². The molecule has 3 aromatic carbocycles. The Kier molecular flexibility index (Phi) is 5.85. The van der Waals surface area contributed by atoms with Gasteiger partial charge in [-0.15, -0.1) is 0 Å². The molecule has 0 saturated heterocycles. The summed E-state index contributed by atoms with van der Waals surface area (Å²) in [5, 5.41) is 0. The summed E-state index contributed by atoms with van der Waals surface area (Å²) in [6, 6.07) is 26.8. The van der Waals surface area contributed by atoms with Gasteiger partial charge in [0, 0.05) is 0 Å². The lowest BCUT2D eigenvalue weighted by molar-refractivity contribution is 1.11. The Morgan fingerprint density at radius 1 is 0.640 bits per heavy atom. The molecule has 0 heteroatoms. The van der Waals surface area contributed by atoms with Crippen molar-refractivity contribution >= 4 is 6.08 Å². The van der Waals surface area contributed by atoms with Gasteiger partial charge in [0.15, 0.2) is 0 Å². The van der Waals surface area contributed by atoms with Crippen LogP contribution in [0.2, 0.25) is 0 Å². The van der Waals surface area contributed by atoms with Crippen molar-refractivity contribution in [2.24, 2.45) is 0 Å². The third-order valence-electron chi connectivity index (χ3n) is 4.58. The molecule has 0 radical (unpaired) electrons. The first-order valence-electron chi connectivity index (χ1n) is 9.14. The van der Waals surface area contributed by atoms with Gasteiger partial charge in [-0.05, 0) is 59.6 Å². The summed E-state index contributed by atoms with van der Waals surface area (Å²) < 4.78 is 0. The monoisotopic (exact) mass is 326 g/mol. The van der Waals surface area contributed by atoms with Gasteiger partial charge >= 0.3 is 0 Å². The molecule has 126 valence electrons. The van der Waals surface area contributed by atoms with E-state index in [1.165, 1.54) is 33.4 Å². The van der Waals surface area contributed by atoms with Gasteiger partial charge in [0.1, 0.15) is 0 Å². The first-order chi connectivity index (χ1) is 12.3. The van der Waals surface area contributed by atoms with Crippen LogP contribution < -0.4 is 0 Å². The van der Waals surface area contributed by atoms with Crippen LogP contribution in [0.25, 0.3) is 6.08 Å². The van der Waals surface area contributed by atoms with Crippen LogP contribution in [0.3, 0.4) is 0 Å². The van der Waals surface area contributed by atoms with Gasteiger partial charge < -0.3 is 0 Å². The maximum Gasteiger partial charge on any atom is -0.00256 e. The highest BCUT2D eigenvalue weighted by molar-refractivity contribution is 5.50. The Bertz CT molecular complexity index is 821. The molecule has 0 atom stereocenters. The molecule has 3 rings (SSSR count). The predicted molar refractivity (Wildman–Crippen MR) is 109 cm³/mol. The van der Waals surface area contributed by atoms with Gasteiger partial charge in [-0.1, -0.05) is 91.9 Å². The average Bonchev–Trinajstić information content (AvgIpc) is 2.65. The summed E-state index contributed by atoms with van der Waals surface area (Å²) in [6.07, 6.45) is 7.32. The number of allylic oxidation sites excluding steroid dienone is 1. The Morgan fingerprint density at radius 3 is 1.68 bits per heavy atom. The van der Waals surface area contributed by atoms with E-state index in [9.17, 15) is 0 Å². The van der Waals surface area contributed by atoms with Crippen molar-refractivity contribution in [3.05, 3.63) is 112 Å². The highest BCUT2D eigenvalue weighted by Gasteiger charge is 2.00. The predicted octanol–water partition coefficient (Wildman–Crippen LogP) is 6.46. The molecule has 0 aliphatic carbocycles. The van der Waals surface area contributed by atoms with Crippen LogP contribution in [0.5, 0.6) is 0 Å². The topological polar surface area (TPSA) is 0 Å². The Hall–Kier alpha value is -2.60. The number of rotatable bonds is 6. The Balaban J connectivity index is 1.66. The Labute approximate surface area is 151 Å². The van der Waals surface area contributed by atoms with Crippen LogP contribution in [-0.4, -0.2) is 0 Å².